The Kier molecular flexibility index (Phi) is 4.74. The Bertz CT molecular complexity index is 601. The number of halogens is 1. The van der Waals surface area contributed by atoms with E-state index in [1.54, 1.807) is 12.1 Å². The molecule has 0 aromatic heterocycles. The Labute approximate surface area is 131 Å². The van der Waals surface area contributed by atoms with Gasteiger partial charge in [-0.1, -0.05) is 43.3 Å². The minimum Gasteiger partial charge on any atom is -0.475 e. The first-order valence-corrected chi connectivity index (χ1v) is 7.95. The summed E-state index contributed by atoms with van der Waals surface area (Å²) in [6.07, 6.45) is 1.80. The summed E-state index contributed by atoms with van der Waals surface area (Å²) < 4.78 is 19.9. The van der Waals surface area contributed by atoms with Crippen molar-refractivity contribution in [3.05, 3.63) is 66.0 Å². The van der Waals surface area contributed by atoms with Gasteiger partial charge in [0.05, 0.1) is 0 Å². The van der Waals surface area contributed by atoms with Crippen molar-refractivity contribution in [1.29, 1.82) is 0 Å². The molecule has 1 heterocycles. The zero-order valence-electron chi connectivity index (χ0n) is 12.9. The molecule has 0 saturated carbocycles. The van der Waals surface area contributed by atoms with Crippen molar-refractivity contribution in [2.45, 2.75) is 26.0 Å². The van der Waals surface area contributed by atoms with Gasteiger partial charge in [-0.15, -0.1) is 0 Å². The van der Waals surface area contributed by atoms with Crippen molar-refractivity contribution >= 4 is 0 Å². The Morgan fingerprint density at radius 3 is 2.55 bits per heavy atom. The van der Waals surface area contributed by atoms with Crippen LogP contribution in [0.3, 0.4) is 0 Å². The summed E-state index contributed by atoms with van der Waals surface area (Å²) in [6.45, 7) is 4.06. The largest absolute Gasteiger partial charge is 0.475 e. The van der Waals surface area contributed by atoms with E-state index in [2.05, 4.69) is 11.8 Å². The molecule has 0 bridgehead atoms. The van der Waals surface area contributed by atoms with E-state index in [0.29, 0.717) is 5.92 Å². The molecular weight excluding hydrogens is 277 g/mol. The Morgan fingerprint density at radius 1 is 1.09 bits per heavy atom. The minimum absolute atomic E-state index is 0.0872. The second-order valence-electron chi connectivity index (χ2n) is 5.87. The second-order valence-corrected chi connectivity index (χ2v) is 5.87. The summed E-state index contributed by atoms with van der Waals surface area (Å²) >= 11 is 0. The maximum absolute atomic E-state index is 13.8. The number of rotatable bonds is 5. The number of likely N-dealkylation sites (tertiary alicyclic amines) is 1. The van der Waals surface area contributed by atoms with Crippen LogP contribution in [0.4, 0.5) is 4.39 Å². The van der Waals surface area contributed by atoms with E-state index in [4.69, 9.17) is 4.74 Å². The molecule has 1 fully saturated rings. The molecule has 2 atom stereocenters. The van der Waals surface area contributed by atoms with Crippen molar-refractivity contribution < 1.29 is 9.13 Å². The lowest BCUT2D eigenvalue weighted by molar-refractivity contribution is 0.0650. The van der Waals surface area contributed by atoms with Crippen LogP contribution in [0.25, 0.3) is 0 Å². The van der Waals surface area contributed by atoms with Crippen molar-refractivity contribution in [3.8, 4) is 5.75 Å². The highest BCUT2D eigenvalue weighted by Crippen LogP contribution is 2.28. The average molecular weight is 299 g/mol. The number of para-hydroxylation sites is 1. The third-order valence-corrected chi connectivity index (χ3v) is 4.32. The summed E-state index contributed by atoms with van der Waals surface area (Å²) in [5.41, 5.74) is 0.809. The predicted octanol–water partition coefficient (Wildman–Crippen LogP) is 4.12. The summed E-state index contributed by atoms with van der Waals surface area (Å²) in [4.78, 5) is 2.33. The predicted molar refractivity (Wildman–Crippen MR) is 86.3 cm³/mol. The first-order chi connectivity index (χ1) is 10.8. The highest BCUT2D eigenvalue weighted by atomic mass is 19.1. The highest BCUT2D eigenvalue weighted by Gasteiger charge is 2.32. The Balaban J connectivity index is 1.65. The molecule has 22 heavy (non-hydrogen) atoms. The number of ether oxygens (including phenoxy) is 1. The minimum atomic E-state index is -0.0991. The zero-order chi connectivity index (χ0) is 15.4. The van der Waals surface area contributed by atoms with E-state index in [1.165, 1.54) is 0 Å². The van der Waals surface area contributed by atoms with E-state index in [0.717, 1.165) is 37.2 Å². The van der Waals surface area contributed by atoms with Gasteiger partial charge in [0.1, 0.15) is 11.6 Å². The van der Waals surface area contributed by atoms with Crippen LogP contribution in [0.1, 0.15) is 18.9 Å². The van der Waals surface area contributed by atoms with Gasteiger partial charge in [-0.05, 0) is 42.6 Å². The third kappa shape index (κ3) is 3.47. The van der Waals surface area contributed by atoms with E-state index < -0.39 is 0 Å². The van der Waals surface area contributed by atoms with Crippen LogP contribution in [0.15, 0.2) is 54.6 Å². The van der Waals surface area contributed by atoms with Crippen LogP contribution in [0.5, 0.6) is 5.75 Å². The fraction of sp³-hybridized carbons (Fsp3) is 0.368. The smallest absolute Gasteiger partial charge is 0.152 e. The fourth-order valence-corrected chi connectivity index (χ4v) is 3.19. The maximum atomic E-state index is 13.8. The Hall–Kier alpha value is -1.87. The molecule has 0 spiro atoms. The van der Waals surface area contributed by atoms with E-state index in [1.807, 2.05) is 42.5 Å². The monoisotopic (exact) mass is 299 g/mol. The third-order valence-electron chi connectivity index (χ3n) is 4.32. The van der Waals surface area contributed by atoms with Gasteiger partial charge in [0.15, 0.2) is 6.23 Å². The lowest BCUT2D eigenvalue weighted by Crippen LogP contribution is -2.33. The summed E-state index contributed by atoms with van der Waals surface area (Å²) in [5.74, 6) is 1.24. The van der Waals surface area contributed by atoms with Crippen LogP contribution < -0.4 is 4.74 Å². The van der Waals surface area contributed by atoms with E-state index >= 15 is 0 Å². The molecule has 1 saturated heterocycles. The molecule has 3 rings (SSSR count). The van der Waals surface area contributed by atoms with E-state index in [9.17, 15) is 4.39 Å². The van der Waals surface area contributed by atoms with Gasteiger partial charge in [0, 0.05) is 13.0 Å². The Morgan fingerprint density at radius 2 is 1.82 bits per heavy atom. The van der Waals surface area contributed by atoms with Crippen molar-refractivity contribution in [2.24, 2.45) is 5.92 Å². The van der Waals surface area contributed by atoms with Gasteiger partial charge in [0.2, 0.25) is 0 Å². The molecule has 0 amide bonds. The molecule has 116 valence electrons. The van der Waals surface area contributed by atoms with E-state index in [-0.39, 0.29) is 12.0 Å². The summed E-state index contributed by atoms with van der Waals surface area (Å²) in [5, 5.41) is 0. The number of benzene rings is 2. The summed E-state index contributed by atoms with van der Waals surface area (Å²) in [6, 6.07) is 17.0. The molecule has 3 heteroatoms. The van der Waals surface area contributed by atoms with Gasteiger partial charge < -0.3 is 4.74 Å². The van der Waals surface area contributed by atoms with Crippen molar-refractivity contribution in [1.82, 2.24) is 4.90 Å². The van der Waals surface area contributed by atoms with Crippen molar-refractivity contribution in [3.63, 3.8) is 0 Å². The highest BCUT2D eigenvalue weighted by molar-refractivity contribution is 5.22. The standard InChI is InChI=1S/C19H22FNO/c1-2-21-14-15(12-16-8-6-7-11-18(16)20)13-19(21)22-17-9-4-3-5-10-17/h3-11,15,19H,2,12-14H2,1H3. The molecule has 0 aliphatic carbocycles. The topological polar surface area (TPSA) is 12.5 Å². The SMILES string of the molecule is CCN1CC(Cc2ccccc2F)CC1Oc1ccccc1. The molecule has 2 aromatic rings. The lowest BCUT2D eigenvalue weighted by Gasteiger charge is -2.23. The van der Waals surface area contributed by atoms with Gasteiger partial charge in [0.25, 0.3) is 0 Å². The first-order valence-electron chi connectivity index (χ1n) is 7.95. The number of nitrogens with zero attached hydrogens (tertiary/aromatic N) is 1. The lowest BCUT2D eigenvalue weighted by atomic mass is 9.98. The van der Waals surface area contributed by atoms with Gasteiger partial charge >= 0.3 is 0 Å². The molecule has 0 radical (unpaired) electrons. The van der Waals surface area contributed by atoms with Crippen molar-refractivity contribution in [2.75, 3.05) is 13.1 Å². The number of hydrogen-bond acceptors (Lipinski definition) is 2. The van der Waals surface area contributed by atoms with Gasteiger partial charge in [-0.3, -0.25) is 4.90 Å². The van der Waals surface area contributed by atoms with Crippen LogP contribution in [0, 0.1) is 11.7 Å². The number of hydrogen-bond donors (Lipinski definition) is 0. The molecule has 1 aliphatic rings. The average Bonchev–Trinajstić information content (AvgIpc) is 2.92. The maximum Gasteiger partial charge on any atom is 0.152 e. The van der Waals surface area contributed by atoms with Crippen LogP contribution >= 0.6 is 0 Å². The quantitative estimate of drug-likeness (QED) is 0.823. The molecule has 0 N–H and O–H groups in total. The van der Waals surface area contributed by atoms with Crippen LogP contribution in [0.2, 0.25) is 0 Å². The second kappa shape index (κ2) is 6.93. The van der Waals surface area contributed by atoms with Gasteiger partial charge in [-0.25, -0.2) is 4.39 Å². The fourth-order valence-electron chi connectivity index (χ4n) is 3.19. The zero-order valence-corrected chi connectivity index (χ0v) is 12.9. The first kappa shape index (κ1) is 15.0. The summed E-state index contributed by atoms with van der Waals surface area (Å²) in [7, 11) is 0. The molecule has 1 aliphatic heterocycles. The normalized spacial score (nSPS) is 21.9. The molecule has 2 aromatic carbocycles. The van der Waals surface area contributed by atoms with Crippen LogP contribution in [-0.2, 0) is 6.42 Å². The van der Waals surface area contributed by atoms with Crippen LogP contribution in [-0.4, -0.2) is 24.2 Å². The molecule has 2 unspecified atom stereocenters. The van der Waals surface area contributed by atoms with Gasteiger partial charge in [-0.2, -0.15) is 0 Å². The molecule has 2 nitrogen and oxygen atoms in total. The molecular formula is C19H22FNO.